The van der Waals surface area contributed by atoms with Gasteiger partial charge in [-0.25, -0.2) is 0 Å². The van der Waals surface area contributed by atoms with Crippen LogP contribution in [0.5, 0.6) is 0 Å². The molecule has 1 aromatic heterocycles. The van der Waals surface area contributed by atoms with Crippen molar-refractivity contribution in [2.45, 2.75) is 6.42 Å². The number of aldehydes is 1. The summed E-state index contributed by atoms with van der Waals surface area (Å²) in [5.74, 6) is 0. The maximum absolute atomic E-state index is 10.0. The molecule has 0 saturated heterocycles. The van der Waals surface area contributed by atoms with Crippen LogP contribution in [0.2, 0.25) is 0 Å². The number of carbonyl (C=O) groups excluding carboxylic acids is 1. The average molecular weight is 247 g/mol. The lowest BCUT2D eigenvalue weighted by atomic mass is 10.2. The lowest BCUT2D eigenvalue weighted by molar-refractivity contribution is 0.112. The average Bonchev–Trinajstić information content (AvgIpc) is 2.91. The minimum Gasteiger partial charge on any atom is -0.319 e. The number of carbonyl (C=O) groups is 1. The summed E-state index contributed by atoms with van der Waals surface area (Å²) in [6, 6.07) is 13.4. The number of thiophene rings is 1. The molecule has 0 aliphatic heterocycles. The SMILES string of the molecule is CNCCc1cccs1.O=Cc1ccccc1. The summed E-state index contributed by atoms with van der Waals surface area (Å²) in [4.78, 5) is 11.5. The highest BCUT2D eigenvalue weighted by atomic mass is 32.1. The maximum Gasteiger partial charge on any atom is 0.150 e. The highest BCUT2D eigenvalue weighted by Gasteiger charge is 1.89. The van der Waals surface area contributed by atoms with Gasteiger partial charge in [-0.1, -0.05) is 36.4 Å². The van der Waals surface area contributed by atoms with E-state index in [2.05, 4.69) is 22.8 Å². The molecule has 2 rings (SSSR count). The topological polar surface area (TPSA) is 29.1 Å². The molecule has 0 aliphatic carbocycles. The van der Waals surface area contributed by atoms with Crippen LogP contribution < -0.4 is 5.32 Å². The van der Waals surface area contributed by atoms with Crippen molar-refractivity contribution in [1.82, 2.24) is 5.32 Å². The van der Waals surface area contributed by atoms with Crippen LogP contribution in [0.25, 0.3) is 0 Å². The van der Waals surface area contributed by atoms with Gasteiger partial charge in [0.05, 0.1) is 0 Å². The Kier molecular flexibility index (Phi) is 6.95. The van der Waals surface area contributed by atoms with Crippen LogP contribution in [0.15, 0.2) is 47.8 Å². The number of nitrogens with one attached hydrogen (secondary N) is 1. The van der Waals surface area contributed by atoms with Crippen LogP contribution in [-0.2, 0) is 6.42 Å². The molecule has 90 valence electrons. The molecule has 1 N–H and O–H groups in total. The molecule has 0 radical (unpaired) electrons. The third-order valence-corrected chi connectivity index (χ3v) is 3.07. The van der Waals surface area contributed by atoms with Gasteiger partial charge in [0.1, 0.15) is 6.29 Å². The van der Waals surface area contributed by atoms with Gasteiger partial charge < -0.3 is 5.32 Å². The van der Waals surface area contributed by atoms with Crippen molar-refractivity contribution in [1.29, 1.82) is 0 Å². The Balaban J connectivity index is 0.000000171. The van der Waals surface area contributed by atoms with E-state index in [0.717, 1.165) is 24.8 Å². The van der Waals surface area contributed by atoms with Gasteiger partial charge in [-0.15, -0.1) is 11.3 Å². The predicted octanol–water partition coefficient (Wildman–Crippen LogP) is 3.01. The van der Waals surface area contributed by atoms with Crippen LogP contribution in [0.1, 0.15) is 15.2 Å². The molecule has 1 aromatic carbocycles. The molecule has 0 aliphatic rings. The first-order valence-electron chi connectivity index (χ1n) is 5.54. The Morgan fingerprint density at radius 3 is 2.41 bits per heavy atom. The van der Waals surface area contributed by atoms with Crippen molar-refractivity contribution in [2.24, 2.45) is 0 Å². The Morgan fingerprint density at radius 1 is 1.18 bits per heavy atom. The number of rotatable bonds is 4. The zero-order valence-corrected chi connectivity index (χ0v) is 10.7. The number of benzene rings is 1. The van der Waals surface area contributed by atoms with Crippen LogP contribution >= 0.6 is 11.3 Å². The Morgan fingerprint density at radius 2 is 1.94 bits per heavy atom. The second-order valence-corrected chi connectivity index (χ2v) is 4.49. The second kappa shape index (κ2) is 8.67. The molecule has 0 spiro atoms. The lowest BCUT2D eigenvalue weighted by Crippen LogP contribution is -2.09. The van der Waals surface area contributed by atoms with E-state index >= 15 is 0 Å². The van der Waals surface area contributed by atoms with E-state index in [1.165, 1.54) is 4.88 Å². The maximum atomic E-state index is 10.0. The molecule has 0 saturated carbocycles. The van der Waals surface area contributed by atoms with Crippen molar-refractivity contribution in [3.05, 3.63) is 58.3 Å². The number of hydrogen-bond donors (Lipinski definition) is 1. The highest BCUT2D eigenvalue weighted by Crippen LogP contribution is 2.07. The molecular weight excluding hydrogens is 230 g/mol. The first-order valence-corrected chi connectivity index (χ1v) is 6.42. The van der Waals surface area contributed by atoms with Crippen LogP contribution in [0, 0.1) is 0 Å². The van der Waals surface area contributed by atoms with E-state index in [4.69, 9.17) is 0 Å². The fourth-order valence-electron chi connectivity index (χ4n) is 1.23. The van der Waals surface area contributed by atoms with Gasteiger partial charge in [0, 0.05) is 10.4 Å². The first-order chi connectivity index (χ1) is 8.36. The van der Waals surface area contributed by atoms with E-state index in [9.17, 15) is 4.79 Å². The summed E-state index contributed by atoms with van der Waals surface area (Å²) in [7, 11) is 1.98. The molecule has 2 nitrogen and oxygen atoms in total. The van der Waals surface area contributed by atoms with Gasteiger partial charge in [0.25, 0.3) is 0 Å². The molecule has 0 amide bonds. The van der Waals surface area contributed by atoms with E-state index in [-0.39, 0.29) is 0 Å². The normalized spacial score (nSPS) is 9.24. The van der Waals surface area contributed by atoms with Crippen molar-refractivity contribution >= 4 is 17.6 Å². The van der Waals surface area contributed by atoms with Crippen molar-refractivity contribution in [3.8, 4) is 0 Å². The highest BCUT2D eigenvalue weighted by molar-refractivity contribution is 7.09. The largest absolute Gasteiger partial charge is 0.319 e. The molecule has 1 heterocycles. The third kappa shape index (κ3) is 6.00. The fourth-order valence-corrected chi connectivity index (χ4v) is 1.94. The summed E-state index contributed by atoms with van der Waals surface area (Å²) in [6.07, 6.45) is 1.99. The summed E-state index contributed by atoms with van der Waals surface area (Å²) in [6.45, 7) is 1.08. The molecule has 0 bridgehead atoms. The second-order valence-electron chi connectivity index (χ2n) is 3.46. The summed E-state index contributed by atoms with van der Waals surface area (Å²) >= 11 is 1.82. The van der Waals surface area contributed by atoms with Gasteiger partial charge in [0.15, 0.2) is 0 Å². The molecular formula is C14H17NOS. The minimum absolute atomic E-state index is 0.729. The van der Waals surface area contributed by atoms with Gasteiger partial charge in [-0.05, 0) is 31.5 Å². The van der Waals surface area contributed by atoms with Crippen molar-refractivity contribution in [3.63, 3.8) is 0 Å². The van der Waals surface area contributed by atoms with Gasteiger partial charge in [0.2, 0.25) is 0 Å². The lowest BCUT2D eigenvalue weighted by Gasteiger charge is -1.92. The summed E-state index contributed by atoms with van der Waals surface area (Å²) in [5, 5.41) is 5.23. The molecule has 0 unspecified atom stereocenters. The zero-order valence-electron chi connectivity index (χ0n) is 9.93. The van der Waals surface area contributed by atoms with Crippen LogP contribution in [-0.4, -0.2) is 19.9 Å². The fraction of sp³-hybridized carbons (Fsp3) is 0.214. The smallest absolute Gasteiger partial charge is 0.150 e. The van der Waals surface area contributed by atoms with Crippen LogP contribution in [0.3, 0.4) is 0 Å². The molecule has 0 fully saturated rings. The van der Waals surface area contributed by atoms with Crippen LogP contribution in [0.4, 0.5) is 0 Å². The van der Waals surface area contributed by atoms with Crippen molar-refractivity contribution in [2.75, 3.05) is 13.6 Å². The molecule has 2 aromatic rings. The summed E-state index contributed by atoms with van der Waals surface area (Å²) < 4.78 is 0. The Labute approximate surface area is 106 Å². The molecule has 3 heteroatoms. The third-order valence-electron chi connectivity index (χ3n) is 2.14. The zero-order chi connectivity index (χ0) is 12.3. The van der Waals surface area contributed by atoms with E-state index in [1.807, 2.05) is 36.6 Å². The Hall–Kier alpha value is -1.45. The molecule has 17 heavy (non-hydrogen) atoms. The quantitative estimate of drug-likeness (QED) is 0.841. The standard InChI is InChI=1S/C7H11NS.C7H6O/c1-8-5-4-7-3-2-6-9-7;8-6-7-4-2-1-3-5-7/h2-3,6,8H,4-5H2,1H3;1-6H. The van der Waals surface area contributed by atoms with Gasteiger partial charge in [-0.2, -0.15) is 0 Å². The van der Waals surface area contributed by atoms with Gasteiger partial charge >= 0.3 is 0 Å². The predicted molar refractivity (Wildman–Crippen MR) is 73.8 cm³/mol. The summed E-state index contributed by atoms with van der Waals surface area (Å²) in [5.41, 5.74) is 0.729. The van der Waals surface area contributed by atoms with E-state index in [0.29, 0.717) is 0 Å². The van der Waals surface area contributed by atoms with E-state index < -0.39 is 0 Å². The van der Waals surface area contributed by atoms with Crippen molar-refractivity contribution < 1.29 is 4.79 Å². The van der Waals surface area contributed by atoms with E-state index in [1.54, 1.807) is 12.1 Å². The monoisotopic (exact) mass is 247 g/mol. The first kappa shape index (κ1) is 13.6. The number of hydrogen-bond acceptors (Lipinski definition) is 3. The number of likely N-dealkylation sites (N-methyl/N-ethyl adjacent to an activating group) is 1. The minimum atomic E-state index is 0.729. The van der Waals surface area contributed by atoms with Gasteiger partial charge in [-0.3, -0.25) is 4.79 Å². The molecule has 0 atom stereocenters. The Bertz CT molecular complexity index is 397.